The number of hydrogen-bond acceptors (Lipinski definition) is 16. The van der Waals surface area contributed by atoms with Crippen molar-refractivity contribution in [3.63, 3.8) is 0 Å². The summed E-state index contributed by atoms with van der Waals surface area (Å²) in [5.41, 5.74) is 0.285. The molecule has 7 rings (SSSR count). The van der Waals surface area contributed by atoms with Gasteiger partial charge in [0.05, 0.1) is 43.2 Å². The molecule has 0 spiro atoms. The van der Waals surface area contributed by atoms with Crippen molar-refractivity contribution in [2.45, 2.75) is 189 Å². The fraction of sp³-hybridized carbons (Fsp3) is 0.950. The first-order chi connectivity index (χ1) is 26.5. The molecular formula is C40H66O16. The van der Waals surface area contributed by atoms with E-state index in [0.717, 1.165) is 51.4 Å². The van der Waals surface area contributed by atoms with Crippen LogP contribution in [0.5, 0.6) is 0 Å². The highest BCUT2D eigenvalue weighted by Crippen LogP contribution is 2.68. The highest BCUT2D eigenvalue weighted by molar-refractivity contribution is 5.28. The normalized spacial score (nSPS) is 54.1. The Morgan fingerprint density at radius 3 is 2.11 bits per heavy atom. The Morgan fingerprint density at radius 1 is 0.786 bits per heavy atom. The largest absolute Gasteiger partial charge is 0.394 e. The van der Waals surface area contributed by atoms with Gasteiger partial charge in [0.1, 0.15) is 54.9 Å². The Bertz CT molecular complexity index is 1380. The van der Waals surface area contributed by atoms with Crippen molar-refractivity contribution in [2.24, 2.45) is 28.6 Å². The molecule has 22 atom stereocenters. The zero-order valence-corrected chi connectivity index (χ0v) is 33.2. The van der Waals surface area contributed by atoms with Gasteiger partial charge in [0.15, 0.2) is 18.9 Å². The predicted octanol–water partition coefficient (Wildman–Crippen LogP) is -0.394. The van der Waals surface area contributed by atoms with Crippen LogP contribution in [0, 0.1) is 28.6 Å². The molecule has 0 unspecified atom stereocenters. The summed E-state index contributed by atoms with van der Waals surface area (Å²) in [4.78, 5) is 0. The monoisotopic (exact) mass is 802 g/mol. The summed E-state index contributed by atoms with van der Waals surface area (Å²) in [7, 11) is 1.54. The molecule has 3 aliphatic heterocycles. The number of allylic oxidation sites excluding steroid dienone is 1. The average Bonchev–Trinajstić information content (AvgIpc) is 3.46. The van der Waals surface area contributed by atoms with Gasteiger partial charge in [-0.25, -0.2) is 0 Å². The summed E-state index contributed by atoms with van der Waals surface area (Å²) in [6.45, 7) is 6.85. The molecule has 0 aromatic heterocycles. The highest BCUT2D eigenvalue weighted by Gasteiger charge is 2.67. The van der Waals surface area contributed by atoms with E-state index in [0.29, 0.717) is 12.3 Å². The lowest BCUT2D eigenvalue weighted by Gasteiger charge is -2.61. The second-order valence-corrected chi connectivity index (χ2v) is 18.2. The number of aliphatic hydroxyl groups excluding tert-OH is 8. The zero-order valence-electron chi connectivity index (χ0n) is 33.2. The van der Waals surface area contributed by atoms with E-state index in [4.69, 9.17) is 33.2 Å². The molecule has 322 valence electrons. The summed E-state index contributed by atoms with van der Waals surface area (Å²) in [5, 5.41) is 95.6. The van der Waals surface area contributed by atoms with Crippen molar-refractivity contribution in [1.29, 1.82) is 0 Å². The predicted molar refractivity (Wildman–Crippen MR) is 194 cm³/mol. The fourth-order valence-corrected chi connectivity index (χ4v) is 12.1. The molecule has 7 aliphatic rings. The van der Waals surface area contributed by atoms with Crippen LogP contribution in [0.1, 0.15) is 85.5 Å². The summed E-state index contributed by atoms with van der Waals surface area (Å²) in [6, 6.07) is 0. The first-order valence-corrected chi connectivity index (χ1v) is 20.7. The van der Waals surface area contributed by atoms with Gasteiger partial charge in [-0.3, -0.25) is 0 Å². The molecule has 0 amide bonds. The number of hydrogen-bond donors (Lipinski definition) is 9. The van der Waals surface area contributed by atoms with Crippen LogP contribution in [0.3, 0.4) is 0 Å². The van der Waals surface area contributed by atoms with Crippen LogP contribution in [-0.4, -0.2) is 170 Å². The van der Waals surface area contributed by atoms with E-state index in [1.165, 1.54) is 12.7 Å². The highest BCUT2D eigenvalue weighted by atomic mass is 16.8. The number of fused-ring (bicyclic) bond motifs is 5. The van der Waals surface area contributed by atoms with Gasteiger partial charge in [-0.15, -0.1) is 0 Å². The Labute approximate surface area is 328 Å². The van der Waals surface area contributed by atoms with Gasteiger partial charge in [0, 0.05) is 18.9 Å². The SMILES string of the molecule is CO[C@@H]1C[C@@H](O[C@H]2CC[C@@]3(C)C(=CC[C@H]4[C@H]3CC[C@@]3(C)[C@H]([C@H](C)O)CC[C@]43O)C2)O[C@H](C)[C@H]1O[C@H]1O[C@@H](CO)[C@H](O[C@H]2O[C@H](CO)[C@H](O)[C@@H](O)[C@H]2O)[C@H](O)[C@H]1O. The van der Waals surface area contributed by atoms with E-state index in [1.807, 2.05) is 6.92 Å². The molecule has 3 saturated heterocycles. The van der Waals surface area contributed by atoms with Crippen molar-refractivity contribution in [3.05, 3.63) is 11.6 Å². The Kier molecular flexibility index (Phi) is 12.7. The Morgan fingerprint density at radius 2 is 1.45 bits per heavy atom. The molecule has 6 fully saturated rings. The van der Waals surface area contributed by atoms with Crippen molar-refractivity contribution >= 4 is 0 Å². The maximum absolute atomic E-state index is 12.3. The molecule has 0 radical (unpaired) electrons. The van der Waals surface area contributed by atoms with Gasteiger partial charge in [-0.2, -0.15) is 0 Å². The Balaban J connectivity index is 0.956. The molecular weight excluding hydrogens is 736 g/mol. The van der Waals surface area contributed by atoms with Crippen LogP contribution in [-0.2, 0) is 33.2 Å². The molecule has 0 aromatic rings. The lowest BCUT2D eigenvalue weighted by Crippen LogP contribution is -2.65. The number of rotatable bonds is 10. The fourth-order valence-electron chi connectivity index (χ4n) is 12.1. The second kappa shape index (κ2) is 16.5. The first kappa shape index (κ1) is 43.2. The van der Waals surface area contributed by atoms with Crippen LogP contribution in [0.2, 0.25) is 0 Å². The minimum Gasteiger partial charge on any atom is -0.394 e. The Hall–Kier alpha value is -0.900. The molecule has 3 saturated carbocycles. The van der Waals surface area contributed by atoms with Crippen molar-refractivity contribution in [3.8, 4) is 0 Å². The standard InChI is InChI=1S/C40H66O16/c1-18(43)22-10-13-40(49)24-7-6-20-14-21(8-11-38(20,3)23(24)9-12-39(22,40)4)52-28-15-25(50-5)34(19(2)51-28)55-37-33(48)31(46)35(27(17-42)54-37)56-36-32(47)30(45)29(44)26(16-41)53-36/h6,18-19,21-37,41-49H,7-17H2,1-5H3/t18-,19+,21-,22-,23+,24-,25+,26+,27-,28+,29-,30+,31+,32+,33+,34+,35-,36+,37+,38-,39-,40-/m0/s1. The molecule has 16 nitrogen and oxygen atoms in total. The van der Waals surface area contributed by atoms with E-state index < -0.39 is 111 Å². The summed E-state index contributed by atoms with van der Waals surface area (Å²) >= 11 is 0. The number of aliphatic hydroxyl groups is 9. The lowest BCUT2D eigenvalue weighted by atomic mass is 9.45. The minimum absolute atomic E-state index is 0.0336. The molecule has 16 heteroatoms. The van der Waals surface area contributed by atoms with Crippen molar-refractivity contribution in [1.82, 2.24) is 0 Å². The quantitative estimate of drug-likeness (QED) is 0.128. The third kappa shape index (κ3) is 7.24. The van der Waals surface area contributed by atoms with Gasteiger partial charge < -0.3 is 79.1 Å². The van der Waals surface area contributed by atoms with Crippen LogP contribution < -0.4 is 0 Å². The maximum Gasteiger partial charge on any atom is 0.187 e. The van der Waals surface area contributed by atoms with E-state index >= 15 is 0 Å². The average molecular weight is 803 g/mol. The summed E-state index contributed by atoms with van der Waals surface area (Å²) < 4.78 is 41.9. The van der Waals surface area contributed by atoms with Gasteiger partial charge in [0.25, 0.3) is 0 Å². The van der Waals surface area contributed by atoms with Gasteiger partial charge in [-0.05, 0) is 88.4 Å². The molecule has 0 bridgehead atoms. The third-order valence-electron chi connectivity index (χ3n) is 15.4. The second-order valence-electron chi connectivity index (χ2n) is 18.2. The lowest BCUT2D eigenvalue weighted by molar-refractivity contribution is -0.373. The van der Waals surface area contributed by atoms with E-state index in [2.05, 4.69) is 19.9 Å². The summed E-state index contributed by atoms with van der Waals surface area (Å²) in [6.07, 6.45) is -9.06. The zero-order chi connectivity index (χ0) is 40.5. The van der Waals surface area contributed by atoms with Gasteiger partial charge in [0.2, 0.25) is 0 Å². The molecule has 4 aliphatic carbocycles. The molecule has 56 heavy (non-hydrogen) atoms. The van der Waals surface area contributed by atoms with E-state index in [-0.39, 0.29) is 28.8 Å². The smallest absolute Gasteiger partial charge is 0.187 e. The van der Waals surface area contributed by atoms with Crippen LogP contribution >= 0.6 is 0 Å². The van der Waals surface area contributed by atoms with Crippen LogP contribution in [0.4, 0.5) is 0 Å². The molecule has 0 aromatic carbocycles. The van der Waals surface area contributed by atoms with E-state index in [1.54, 1.807) is 6.92 Å². The van der Waals surface area contributed by atoms with E-state index in [9.17, 15) is 46.0 Å². The van der Waals surface area contributed by atoms with Crippen LogP contribution in [0.25, 0.3) is 0 Å². The van der Waals surface area contributed by atoms with Crippen molar-refractivity contribution in [2.75, 3.05) is 20.3 Å². The van der Waals surface area contributed by atoms with Crippen molar-refractivity contribution < 1.29 is 79.1 Å². The van der Waals surface area contributed by atoms with Gasteiger partial charge in [-0.1, -0.05) is 25.5 Å². The van der Waals surface area contributed by atoms with Crippen LogP contribution in [0.15, 0.2) is 11.6 Å². The number of ether oxygens (including phenoxy) is 7. The minimum atomic E-state index is -1.77. The maximum atomic E-state index is 12.3. The number of methoxy groups -OCH3 is 1. The summed E-state index contributed by atoms with van der Waals surface area (Å²) in [5.74, 6) is 0.644. The first-order valence-electron chi connectivity index (χ1n) is 20.7. The topological polar surface area (TPSA) is 247 Å². The molecule has 3 heterocycles. The van der Waals surface area contributed by atoms with Gasteiger partial charge >= 0.3 is 0 Å². The molecule has 9 N–H and O–H groups in total. The third-order valence-corrected chi connectivity index (χ3v) is 15.4.